The number of halogens is 2. The van der Waals surface area contributed by atoms with E-state index < -0.39 is 17.6 Å². The number of amides is 1. The molecule has 0 aliphatic rings. The van der Waals surface area contributed by atoms with Crippen LogP contribution in [0, 0.1) is 17.6 Å². The first-order valence-electron chi connectivity index (χ1n) is 12.7. The van der Waals surface area contributed by atoms with Gasteiger partial charge in [-0.1, -0.05) is 70.2 Å². The van der Waals surface area contributed by atoms with E-state index in [1.54, 1.807) is 18.2 Å². The van der Waals surface area contributed by atoms with Crippen molar-refractivity contribution in [3.8, 4) is 0 Å². The Hall–Kier alpha value is -4.00. The first kappa shape index (κ1) is 27.0. The third-order valence-electron chi connectivity index (χ3n) is 6.28. The van der Waals surface area contributed by atoms with Gasteiger partial charge in [0.15, 0.2) is 11.6 Å². The maximum Gasteiger partial charge on any atom is 0.338 e. The molecule has 0 aliphatic heterocycles. The molecule has 200 valence electrons. The Labute approximate surface area is 222 Å². The summed E-state index contributed by atoms with van der Waals surface area (Å²) in [6.07, 6.45) is 0. The number of carbonyl (C=O) groups excluding carboxylic acids is 2. The fourth-order valence-electron chi connectivity index (χ4n) is 4.52. The third-order valence-corrected chi connectivity index (χ3v) is 6.28. The third kappa shape index (κ3) is 5.93. The number of nitrogens with one attached hydrogen (secondary N) is 1. The van der Waals surface area contributed by atoms with Gasteiger partial charge in [-0.3, -0.25) is 4.79 Å². The van der Waals surface area contributed by atoms with Crippen molar-refractivity contribution in [1.82, 2.24) is 9.88 Å². The Morgan fingerprint density at radius 3 is 2.32 bits per heavy atom. The number of nitrogens with zero attached hydrogens (tertiary/aromatic N) is 1. The summed E-state index contributed by atoms with van der Waals surface area (Å²) >= 11 is 0. The van der Waals surface area contributed by atoms with Crippen LogP contribution in [0.2, 0.25) is 0 Å². The summed E-state index contributed by atoms with van der Waals surface area (Å²) in [5.41, 5.74) is 3.97. The van der Waals surface area contributed by atoms with E-state index >= 15 is 0 Å². The van der Waals surface area contributed by atoms with Crippen molar-refractivity contribution in [3.63, 3.8) is 0 Å². The molecule has 1 amide bonds. The van der Waals surface area contributed by atoms with Crippen LogP contribution in [0.15, 0.2) is 66.7 Å². The van der Waals surface area contributed by atoms with Gasteiger partial charge >= 0.3 is 5.97 Å². The second kappa shape index (κ2) is 11.6. The molecule has 0 fully saturated rings. The molecule has 0 aliphatic carbocycles. The highest BCUT2D eigenvalue weighted by Gasteiger charge is 2.25. The van der Waals surface area contributed by atoms with Gasteiger partial charge in [0.05, 0.1) is 23.3 Å². The first-order chi connectivity index (χ1) is 18.2. The van der Waals surface area contributed by atoms with E-state index in [0.29, 0.717) is 35.2 Å². The summed E-state index contributed by atoms with van der Waals surface area (Å²) in [6.45, 7) is 8.84. The van der Waals surface area contributed by atoms with Crippen molar-refractivity contribution in [2.24, 2.45) is 5.92 Å². The number of fused-ring (bicyclic) bond motifs is 1. The van der Waals surface area contributed by atoms with Gasteiger partial charge in [0.25, 0.3) is 5.91 Å². The van der Waals surface area contributed by atoms with Crippen LogP contribution in [-0.2, 0) is 17.8 Å². The Morgan fingerprint density at radius 2 is 1.66 bits per heavy atom. The van der Waals surface area contributed by atoms with Gasteiger partial charge in [-0.25, -0.2) is 13.6 Å². The van der Waals surface area contributed by atoms with E-state index in [0.717, 1.165) is 28.9 Å². The molecule has 7 heteroatoms. The molecule has 4 aromatic rings. The lowest BCUT2D eigenvalue weighted by Crippen LogP contribution is -2.24. The van der Waals surface area contributed by atoms with Crippen molar-refractivity contribution >= 4 is 22.8 Å². The molecule has 0 unspecified atom stereocenters. The zero-order valence-corrected chi connectivity index (χ0v) is 22.1. The van der Waals surface area contributed by atoms with Crippen LogP contribution in [0.1, 0.15) is 72.6 Å². The number of rotatable bonds is 9. The highest BCUT2D eigenvalue weighted by atomic mass is 19.2. The maximum absolute atomic E-state index is 13.7. The molecule has 1 N–H and O–H groups in total. The minimum atomic E-state index is -0.962. The summed E-state index contributed by atoms with van der Waals surface area (Å²) in [5.74, 6) is -2.45. The quantitative estimate of drug-likeness (QED) is 0.240. The highest BCUT2D eigenvalue weighted by molar-refractivity contribution is 6.10. The van der Waals surface area contributed by atoms with Crippen molar-refractivity contribution in [2.45, 2.75) is 46.7 Å². The molecule has 0 radical (unpaired) electrons. The largest absolute Gasteiger partial charge is 0.462 e. The molecular formula is C31H34F2N2O3. The van der Waals surface area contributed by atoms with Gasteiger partial charge in [0, 0.05) is 25.6 Å². The Bertz CT molecular complexity index is 1470. The van der Waals surface area contributed by atoms with Gasteiger partial charge in [-0.05, 0) is 47.2 Å². The number of benzene rings is 3. The molecule has 4 rings (SSSR count). The maximum atomic E-state index is 13.7. The van der Waals surface area contributed by atoms with Gasteiger partial charge in [0.1, 0.15) is 0 Å². The minimum Gasteiger partial charge on any atom is -0.462 e. The Morgan fingerprint density at radius 1 is 0.921 bits per heavy atom. The van der Waals surface area contributed by atoms with Crippen molar-refractivity contribution in [2.75, 3.05) is 6.61 Å². The van der Waals surface area contributed by atoms with Crippen molar-refractivity contribution in [3.05, 3.63) is 106 Å². The number of esters is 1. The Balaban J connectivity index is 0.00000420. The summed E-state index contributed by atoms with van der Waals surface area (Å²) in [7, 11) is 0. The Kier molecular flexibility index (Phi) is 8.25. The van der Waals surface area contributed by atoms with Crippen molar-refractivity contribution < 1.29 is 24.5 Å². The molecule has 0 saturated carbocycles. The zero-order valence-electron chi connectivity index (χ0n) is 22.1. The van der Waals surface area contributed by atoms with Gasteiger partial charge < -0.3 is 14.6 Å². The average Bonchev–Trinajstić information content (AvgIpc) is 3.22. The van der Waals surface area contributed by atoms with Crippen molar-refractivity contribution in [1.29, 1.82) is 0 Å². The molecular weight excluding hydrogens is 486 g/mol. The van der Waals surface area contributed by atoms with Crippen LogP contribution in [0.3, 0.4) is 0 Å². The molecule has 0 bridgehead atoms. The molecule has 3 aromatic carbocycles. The number of hydrogen-bond acceptors (Lipinski definition) is 3. The van der Waals surface area contributed by atoms with E-state index in [9.17, 15) is 18.4 Å². The predicted molar refractivity (Wildman–Crippen MR) is 146 cm³/mol. The molecule has 0 atom stereocenters. The van der Waals surface area contributed by atoms with Crippen LogP contribution < -0.4 is 5.32 Å². The van der Waals surface area contributed by atoms with Crippen LogP contribution >= 0.6 is 0 Å². The summed E-state index contributed by atoms with van der Waals surface area (Å²) in [6, 6.07) is 18.7. The summed E-state index contributed by atoms with van der Waals surface area (Å²) < 4.78 is 34.5. The standard InChI is InChI=1S/C31H32F2N2O3.H2/c1-19(2)18-38-31(37)23-11-12-24-27(15-23)35(17-21-8-6-5-7-9-21)29(20(3)4)28(24)30(36)34-16-22-10-13-25(32)26(33)14-22;/h5-15,19-20H,16-18H2,1-4H3,(H,34,36);1H. The predicted octanol–water partition coefficient (Wildman–Crippen LogP) is 7.08. The normalized spacial score (nSPS) is 11.4. The van der Waals surface area contributed by atoms with Crippen LogP contribution in [0.5, 0.6) is 0 Å². The molecule has 0 saturated heterocycles. The number of ether oxygens (including phenoxy) is 1. The molecule has 38 heavy (non-hydrogen) atoms. The van der Waals surface area contributed by atoms with E-state index in [2.05, 4.69) is 9.88 Å². The summed E-state index contributed by atoms with van der Waals surface area (Å²) in [4.78, 5) is 26.4. The van der Waals surface area contributed by atoms with E-state index in [-0.39, 0.29) is 25.7 Å². The topological polar surface area (TPSA) is 60.3 Å². The fourth-order valence-corrected chi connectivity index (χ4v) is 4.52. The lowest BCUT2D eigenvalue weighted by atomic mass is 10.0. The molecule has 1 aromatic heterocycles. The summed E-state index contributed by atoms with van der Waals surface area (Å²) in [5, 5.41) is 3.57. The average molecular weight is 521 g/mol. The van der Waals surface area contributed by atoms with E-state index in [1.165, 1.54) is 6.07 Å². The lowest BCUT2D eigenvalue weighted by Gasteiger charge is -2.16. The molecule has 0 spiro atoms. The molecule has 1 heterocycles. The second-order valence-corrected chi connectivity index (χ2v) is 10.1. The van der Waals surface area contributed by atoms with Gasteiger partial charge in [-0.2, -0.15) is 0 Å². The number of aromatic nitrogens is 1. The SMILES string of the molecule is CC(C)COC(=O)c1ccc2c(C(=O)NCc3ccc(F)c(F)c3)c(C(C)C)n(Cc3ccccc3)c2c1.[HH]. The highest BCUT2D eigenvalue weighted by Crippen LogP contribution is 2.33. The lowest BCUT2D eigenvalue weighted by molar-refractivity contribution is 0.0459. The number of hydrogen-bond donors (Lipinski definition) is 1. The zero-order chi connectivity index (χ0) is 27.4. The smallest absolute Gasteiger partial charge is 0.338 e. The van der Waals surface area contributed by atoms with Gasteiger partial charge in [0.2, 0.25) is 0 Å². The van der Waals surface area contributed by atoms with Gasteiger partial charge in [-0.15, -0.1) is 0 Å². The van der Waals surface area contributed by atoms with Crippen LogP contribution in [0.25, 0.3) is 10.9 Å². The monoisotopic (exact) mass is 520 g/mol. The van der Waals surface area contributed by atoms with Crippen LogP contribution in [-0.4, -0.2) is 23.1 Å². The fraction of sp³-hybridized carbons (Fsp3) is 0.290. The second-order valence-electron chi connectivity index (χ2n) is 10.1. The van der Waals surface area contributed by atoms with E-state index in [4.69, 9.17) is 4.74 Å². The number of carbonyl (C=O) groups is 2. The first-order valence-corrected chi connectivity index (χ1v) is 12.7. The van der Waals surface area contributed by atoms with E-state index in [1.807, 2.05) is 58.0 Å². The minimum absolute atomic E-state index is 0. The molecule has 5 nitrogen and oxygen atoms in total. The van der Waals surface area contributed by atoms with Crippen LogP contribution in [0.4, 0.5) is 8.78 Å².